The van der Waals surface area contributed by atoms with Crippen LogP contribution in [0, 0.1) is 23.1 Å². The first kappa shape index (κ1) is 13.5. The van der Waals surface area contributed by atoms with Gasteiger partial charge in [-0.1, -0.05) is 18.9 Å². The van der Waals surface area contributed by atoms with Crippen molar-refractivity contribution in [3.8, 4) is 6.07 Å². The zero-order valence-electron chi connectivity index (χ0n) is 10.5. The molecule has 1 amide bonds. The number of benzene rings is 1. The van der Waals surface area contributed by atoms with Crippen molar-refractivity contribution in [1.29, 1.82) is 5.26 Å². The van der Waals surface area contributed by atoms with Crippen LogP contribution in [0.1, 0.15) is 31.2 Å². The second kappa shape index (κ2) is 5.81. The van der Waals surface area contributed by atoms with Crippen molar-refractivity contribution in [3.05, 3.63) is 29.6 Å². The molecular weight excluding hydrogens is 245 g/mol. The number of hydrogen-bond donors (Lipinski definition) is 2. The molecule has 19 heavy (non-hydrogen) atoms. The van der Waals surface area contributed by atoms with E-state index < -0.39 is 5.82 Å². The summed E-state index contributed by atoms with van der Waals surface area (Å²) in [7, 11) is 0. The number of halogens is 1. The number of nitriles is 1. The predicted molar refractivity (Wildman–Crippen MR) is 69.7 cm³/mol. The predicted octanol–water partition coefficient (Wildman–Crippen LogP) is 2.15. The molecule has 0 aromatic heterocycles. The zero-order valence-corrected chi connectivity index (χ0v) is 10.5. The summed E-state index contributed by atoms with van der Waals surface area (Å²) in [6.07, 6.45) is 3.57. The Labute approximate surface area is 111 Å². The maximum atomic E-state index is 13.4. The number of carbonyl (C=O) groups is 1. The lowest BCUT2D eigenvalue weighted by Gasteiger charge is -2.27. The van der Waals surface area contributed by atoms with Gasteiger partial charge in [-0.15, -0.1) is 0 Å². The molecule has 1 aliphatic rings. The summed E-state index contributed by atoms with van der Waals surface area (Å²) in [5, 5.41) is 11.5. The number of carbonyl (C=O) groups excluding carboxylic acids is 1. The molecule has 2 rings (SSSR count). The monoisotopic (exact) mass is 261 g/mol. The van der Waals surface area contributed by atoms with Gasteiger partial charge in [0.2, 0.25) is 5.91 Å². The van der Waals surface area contributed by atoms with E-state index in [1.807, 2.05) is 0 Å². The van der Waals surface area contributed by atoms with Crippen molar-refractivity contribution in [1.82, 2.24) is 0 Å². The topological polar surface area (TPSA) is 78.9 Å². The average molecular weight is 261 g/mol. The minimum absolute atomic E-state index is 0.139. The van der Waals surface area contributed by atoms with Gasteiger partial charge < -0.3 is 11.1 Å². The number of nitrogens with two attached hydrogens (primary N) is 1. The molecule has 0 bridgehead atoms. The summed E-state index contributed by atoms with van der Waals surface area (Å²) in [6.45, 7) is 0. The fourth-order valence-corrected chi connectivity index (χ4v) is 2.45. The highest BCUT2D eigenvalue weighted by Gasteiger charge is 2.28. The largest absolute Gasteiger partial charge is 0.327 e. The summed E-state index contributed by atoms with van der Waals surface area (Å²) in [5.74, 6) is -1.12. The van der Waals surface area contributed by atoms with Gasteiger partial charge in [-0.3, -0.25) is 4.79 Å². The number of hydrogen-bond acceptors (Lipinski definition) is 3. The molecule has 3 N–H and O–H groups in total. The molecule has 2 atom stereocenters. The Balaban J connectivity index is 2.15. The third kappa shape index (κ3) is 2.91. The standard InChI is InChI=1S/C14H16FN3O/c15-11-5-3-7-13(10(11)8-16)18-14(19)9-4-1-2-6-12(9)17/h3,5,7,9,12H,1-2,4,6,17H2,(H,18,19). The number of amides is 1. The first-order valence-electron chi connectivity index (χ1n) is 6.38. The van der Waals surface area contributed by atoms with Gasteiger partial charge in [0.1, 0.15) is 17.4 Å². The normalized spacial score (nSPS) is 22.6. The molecule has 0 spiro atoms. The molecule has 0 saturated heterocycles. The van der Waals surface area contributed by atoms with Gasteiger partial charge >= 0.3 is 0 Å². The molecule has 2 unspecified atom stereocenters. The summed E-state index contributed by atoms with van der Waals surface area (Å²) in [4.78, 5) is 12.1. The second-order valence-electron chi connectivity index (χ2n) is 4.82. The molecule has 4 nitrogen and oxygen atoms in total. The number of anilines is 1. The van der Waals surface area contributed by atoms with E-state index in [0.29, 0.717) is 0 Å². The Bertz CT molecular complexity index is 524. The van der Waals surface area contributed by atoms with Crippen LogP contribution in [-0.2, 0) is 4.79 Å². The number of nitrogens with zero attached hydrogens (tertiary/aromatic N) is 1. The smallest absolute Gasteiger partial charge is 0.229 e. The van der Waals surface area contributed by atoms with Gasteiger partial charge in [0, 0.05) is 6.04 Å². The van der Waals surface area contributed by atoms with E-state index in [9.17, 15) is 9.18 Å². The highest BCUT2D eigenvalue weighted by molar-refractivity contribution is 5.94. The zero-order chi connectivity index (χ0) is 13.8. The van der Waals surface area contributed by atoms with Crippen LogP contribution in [0.15, 0.2) is 18.2 Å². The Kier molecular flexibility index (Phi) is 4.13. The van der Waals surface area contributed by atoms with Crippen LogP contribution in [0.3, 0.4) is 0 Å². The lowest BCUT2D eigenvalue weighted by atomic mass is 9.84. The maximum Gasteiger partial charge on any atom is 0.229 e. The second-order valence-corrected chi connectivity index (χ2v) is 4.82. The van der Waals surface area contributed by atoms with E-state index in [2.05, 4.69) is 5.32 Å². The molecule has 1 aliphatic carbocycles. The van der Waals surface area contributed by atoms with Crippen molar-refractivity contribution in [2.45, 2.75) is 31.7 Å². The van der Waals surface area contributed by atoms with Crippen molar-refractivity contribution in [2.75, 3.05) is 5.32 Å². The van der Waals surface area contributed by atoms with Crippen molar-refractivity contribution in [2.24, 2.45) is 11.7 Å². The molecule has 0 aliphatic heterocycles. The highest BCUT2D eigenvalue weighted by atomic mass is 19.1. The third-order valence-corrected chi connectivity index (χ3v) is 3.54. The van der Waals surface area contributed by atoms with Crippen LogP contribution in [-0.4, -0.2) is 11.9 Å². The van der Waals surface area contributed by atoms with Crippen LogP contribution < -0.4 is 11.1 Å². The van der Waals surface area contributed by atoms with Gasteiger partial charge in [-0.2, -0.15) is 5.26 Å². The van der Waals surface area contributed by atoms with Gasteiger partial charge in [0.05, 0.1) is 11.6 Å². The summed E-state index contributed by atoms with van der Waals surface area (Å²) in [6, 6.07) is 5.78. The third-order valence-electron chi connectivity index (χ3n) is 3.54. The maximum absolute atomic E-state index is 13.4. The quantitative estimate of drug-likeness (QED) is 0.856. The Morgan fingerprint density at radius 2 is 2.16 bits per heavy atom. The molecule has 1 fully saturated rings. The Morgan fingerprint density at radius 1 is 1.42 bits per heavy atom. The fourth-order valence-electron chi connectivity index (χ4n) is 2.45. The molecule has 100 valence electrons. The Morgan fingerprint density at radius 3 is 2.84 bits per heavy atom. The van der Waals surface area contributed by atoms with Crippen molar-refractivity contribution < 1.29 is 9.18 Å². The van der Waals surface area contributed by atoms with E-state index in [1.165, 1.54) is 18.2 Å². The molecule has 0 radical (unpaired) electrons. The Hall–Kier alpha value is -1.93. The van der Waals surface area contributed by atoms with E-state index in [-0.39, 0.29) is 29.1 Å². The first-order valence-corrected chi connectivity index (χ1v) is 6.38. The van der Waals surface area contributed by atoms with Gasteiger partial charge in [-0.25, -0.2) is 4.39 Å². The van der Waals surface area contributed by atoms with Gasteiger partial charge in [0.25, 0.3) is 0 Å². The number of nitrogens with one attached hydrogen (secondary N) is 1. The summed E-state index contributed by atoms with van der Waals surface area (Å²) >= 11 is 0. The van der Waals surface area contributed by atoms with Crippen LogP contribution in [0.2, 0.25) is 0 Å². The van der Waals surface area contributed by atoms with Crippen LogP contribution in [0.25, 0.3) is 0 Å². The number of rotatable bonds is 2. The van der Waals surface area contributed by atoms with E-state index in [4.69, 9.17) is 11.0 Å². The molecular formula is C14H16FN3O. The SMILES string of the molecule is N#Cc1c(F)cccc1NC(=O)C1CCCCC1N. The molecule has 5 heteroatoms. The average Bonchev–Trinajstić information content (AvgIpc) is 2.39. The van der Waals surface area contributed by atoms with Crippen molar-refractivity contribution >= 4 is 11.6 Å². The minimum Gasteiger partial charge on any atom is -0.327 e. The molecule has 1 aromatic rings. The van der Waals surface area contributed by atoms with E-state index >= 15 is 0 Å². The van der Waals surface area contributed by atoms with E-state index in [1.54, 1.807) is 6.07 Å². The van der Waals surface area contributed by atoms with Crippen molar-refractivity contribution in [3.63, 3.8) is 0 Å². The molecule has 0 heterocycles. The summed E-state index contributed by atoms with van der Waals surface area (Å²) in [5.41, 5.74) is 6.01. The van der Waals surface area contributed by atoms with E-state index in [0.717, 1.165) is 25.7 Å². The first-order chi connectivity index (χ1) is 9.13. The fraction of sp³-hybridized carbons (Fsp3) is 0.429. The van der Waals surface area contributed by atoms with Gasteiger partial charge in [0.15, 0.2) is 0 Å². The molecule has 1 saturated carbocycles. The van der Waals surface area contributed by atoms with Crippen LogP contribution in [0.5, 0.6) is 0 Å². The summed E-state index contributed by atoms with van der Waals surface area (Å²) < 4.78 is 13.4. The molecule has 1 aromatic carbocycles. The van der Waals surface area contributed by atoms with Crippen LogP contribution in [0.4, 0.5) is 10.1 Å². The lowest BCUT2D eigenvalue weighted by molar-refractivity contribution is -0.121. The van der Waals surface area contributed by atoms with Gasteiger partial charge in [-0.05, 0) is 25.0 Å². The lowest BCUT2D eigenvalue weighted by Crippen LogP contribution is -2.40. The van der Waals surface area contributed by atoms with Crippen LogP contribution >= 0.6 is 0 Å². The highest BCUT2D eigenvalue weighted by Crippen LogP contribution is 2.25. The minimum atomic E-state index is -0.631.